The molecular weight excluding hydrogens is 390 g/mol. The number of hydrogen-bond acceptors (Lipinski definition) is 5. The summed E-state index contributed by atoms with van der Waals surface area (Å²) in [6.07, 6.45) is 0.871. The molecule has 0 fully saturated rings. The van der Waals surface area contributed by atoms with E-state index in [-0.39, 0.29) is 4.90 Å². The maximum absolute atomic E-state index is 11.7. The van der Waals surface area contributed by atoms with Gasteiger partial charge in [-0.05, 0) is 36.8 Å². The molecule has 9 heteroatoms. The van der Waals surface area contributed by atoms with Gasteiger partial charge < -0.3 is 14.0 Å². The van der Waals surface area contributed by atoms with Gasteiger partial charge >= 0.3 is 0 Å². The Hall–Kier alpha value is -2.29. The van der Waals surface area contributed by atoms with E-state index in [1.54, 1.807) is 18.2 Å². The zero-order chi connectivity index (χ0) is 19.8. The molecule has 0 aliphatic rings. The summed E-state index contributed by atoms with van der Waals surface area (Å²) in [7, 11) is -0.757. The molecule has 1 heterocycles. The van der Waals surface area contributed by atoms with Gasteiger partial charge in [0.2, 0.25) is 10.0 Å². The average molecular weight is 410 g/mol. The molecular formula is C18H20ClN3O4S. The van der Waals surface area contributed by atoms with Gasteiger partial charge in [-0.3, -0.25) is 0 Å². The Morgan fingerprint density at radius 1 is 1.19 bits per heavy atom. The monoisotopic (exact) mass is 409 g/mol. The van der Waals surface area contributed by atoms with Crippen LogP contribution in [0.2, 0.25) is 5.02 Å². The van der Waals surface area contributed by atoms with Crippen LogP contribution in [-0.2, 0) is 16.6 Å². The minimum atomic E-state index is -3.81. The summed E-state index contributed by atoms with van der Waals surface area (Å²) >= 11 is 6.34. The van der Waals surface area contributed by atoms with Crippen molar-refractivity contribution < 1.29 is 17.9 Å². The maximum atomic E-state index is 11.7. The first kappa shape index (κ1) is 19.5. The van der Waals surface area contributed by atoms with E-state index in [9.17, 15) is 8.42 Å². The molecule has 0 unspecified atom stereocenters. The quantitative estimate of drug-likeness (QED) is 0.672. The standard InChI is InChI=1S/C18H20ClN3O4S/c1-4-7-22-15-6-5-12(27(20,23)24)10-14(15)21-18(22)11-8-13(19)17(26-3)16(9-11)25-2/h5-6,8-10H,4,7H2,1-3H3,(H2,20,23,24). The fourth-order valence-corrected chi connectivity index (χ4v) is 3.83. The van der Waals surface area contributed by atoms with Crippen molar-refractivity contribution in [1.29, 1.82) is 0 Å². The summed E-state index contributed by atoms with van der Waals surface area (Å²) < 4.78 is 36.0. The van der Waals surface area contributed by atoms with Crippen molar-refractivity contribution in [2.75, 3.05) is 14.2 Å². The largest absolute Gasteiger partial charge is 0.493 e. The van der Waals surface area contributed by atoms with Crippen LogP contribution in [0.15, 0.2) is 35.2 Å². The molecule has 7 nitrogen and oxygen atoms in total. The molecule has 0 spiro atoms. The number of aryl methyl sites for hydroxylation is 1. The molecule has 1 aromatic heterocycles. The predicted molar refractivity (Wildman–Crippen MR) is 105 cm³/mol. The molecule has 2 aromatic carbocycles. The Morgan fingerprint density at radius 2 is 1.93 bits per heavy atom. The van der Waals surface area contributed by atoms with E-state index in [1.807, 2.05) is 4.57 Å². The number of methoxy groups -OCH3 is 2. The number of hydrogen-bond donors (Lipinski definition) is 1. The summed E-state index contributed by atoms with van der Waals surface area (Å²) in [5.74, 6) is 1.58. The van der Waals surface area contributed by atoms with Crippen LogP contribution in [0.25, 0.3) is 22.4 Å². The Balaban J connectivity index is 2.27. The van der Waals surface area contributed by atoms with Gasteiger partial charge in [-0.15, -0.1) is 0 Å². The molecule has 0 bridgehead atoms. The van der Waals surface area contributed by atoms with E-state index in [2.05, 4.69) is 11.9 Å². The summed E-state index contributed by atoms with van der Waals surface area (Å²) in [5.41, 5.74) is 2.08. The van der Waals surface area contributed by atoms with Gasteiger partial charge in [0, 0.05) is 12.1 Å². The van der Waals surface area contributed by atoms with E-state index in [0.29, 0.717) is 34.4 Å². The topological polar surface area (TPSA) is 96.4 Å². The summed E-state index contributed by atoms with van der Waals surface area (Å²) in [6.45, 7) is 2.75. The van der Waals surface area contributed by atoms with E-state index >= 15 is 0 Å². The lowest BCUT2D eigenvalue weighted by atomic mass is 10.2. The molecule has 0 aliphatic heterocycles. The molecule has 0 saturated heterocycles. The number of nitrogens with two attached hydrogens (primary N) is 1. The second kappa shape index (κ2) is 7.38. The highest BCUT2D eigenvalue weighted by molar-refractivity contribution is 7.89. The first-order chi connectivity index (χ1) is 12.8. The number of fused-ring (bicyclic) bond motifs is 1. The smallest absolute Gasteiger partial charge is 0.238 e. The van der Waals surface area contributed by atoms with Crippen molar-refractivity contribution >= 4 is 32.7 Å². The van der Waals surface area contributed by atoms with Crippen LogP contribution in [0.3, 0.4) is 0 Å². The van der Waals surface area contributed by atoms with Gasteiger partial charge in [0.15, 0.2) is 11.5 Å². The van der Waals surface area contributed by atoms with Gasteiger partial charge in [-0.25, -0.2) is 18.5 Å². The second-order valence-electron chi connectivity index (χ2n) is 5.98. The van der Waals surface area contributed by atoms with Gasteiger partial charge in [-0.2, -0.15) is 0 Å². The highest BCUT2D eigenvalue weighted by atomic mass is 35.5. The normalized spacial score (nSPS) is 11.7. The zero-order valence-electron chi connectivity index (χ0n) is 15.2. The number of primary sulfonamides is 1. The molecule has 27 heavy (non-hydrogen) atoms. The van der Waals surface area contributed by atoms with Crippen LogP contribution in [0.1, 0.15) is 13.3 Å². The fraction of sp³-hybridized carbons (Fsp3) is 0.278. The van der Waals surface area contributed by atoms with Crippen LogP contribution in [-0.4, -0.2) is 32.2 Å². The van der Waals surface area contributed by atoms with E-state index in [1.165, 1.54) is 26.4 Å². The van der Waals surface area contributed by atoms with Crippen molar-refractivity contribution in [2.24, 2.45) is 5.14 Å². The number of sulfonamides is 1. The third kappa shape index (κ3) is 3.60. The van der Waals surface area contributed by atoms with Crippen LogP contribution in [0.5, 0.6) is 11.5 Å². The first-order valence-electron chi connectivity index (χ1n) is 8.25. The molecule has 3 rings (SSSR count). The lowest BCUT2D eigenvalue weighted by molar-refractivity contribution is 0.355. The summed E-state index contributed by atoms with van der Waals surface area (Å²) in [4.78, 5) is 4.66. The minimum absolute atomic E-state index is 0.0213. The van der Waals surface area contributed by atoms with Crippen molar-refractivity contribution in [3.63, 3.8) is 0 Å². The Bertz CT molecular complexity index is 1110. The third-order valence-corrected chi connectivity index (χ3v) is 5.38. The van der Waals surface area contributed by atoms with Gasteiger partial charge in [0.1, 0.15) is 5.82 Å². The second-order valence-corrected chi connectivity index (χ2v) is 7.94. The maximum Gasteiger partial charge on any atom is 0.238 e. The van der Waals surface area contributed by atoms with E-state index in [4.69, 9.17) is 26.2 Å². The van der Waals surface area contributed by atoms with Gasteiger partial charge in [-0.1, -0.05) is 18.5 Å². The number of rotatable bonds is 6. The number of aromatic nitrogens is 2. The Morgan fingerprint density at radius 3 is 2.52 bits per heavy atom. The molecule has 0 saturated carbocycles. The molecule has 0 radical (unpaired) electrons. The van der Waals surface area contributed by atoms with Crippen LogP contribution in [0, 0.1) is 0 Å². The number of ether oxygens (including phenoxy) is 2. The first-order valence-corrected chi connectivity index (χ1v) is 10.2. The SMILES string of the molecule is CCCn1c(-c2cc(Cl)c(OC)c(OC)c2)nc2cc(S(N)(=O)=O)ccc21. The van der Waals surface area contributed by atoms with Crippen LogP contribution < -0.4 is 14.6 Å². The van der Waals surface area contributed by atoms with Crippen LogP contribution in [0.4, 0.5) is 0 Å². The lowest BCUT2D eigenvalue weighted by Crippen LogP contribution is -2.11. The molecule has 0 atom stereocenters. The van der Waals surface area contributed by atoms with Crippen molar-refractivity contribution in [1.82, 2.24) is 9.55 Å². The summed E-state index contributed by atoms with van der Waals surface area (Å²) in [6, 6.07) is 8.21. The molecule has 2 N–H and O–H groups in total. The molecule has 0 amide bonds. The van der Waals surface area contributed by atoms with Gasteiger partial charge in [0.25, 0.3) is 0 Å². The predicted octanol–water partition coefficient (Wildman–Crippen LogP) is 3.43. The zero-order valence-corrected chi connectivity index (χ0v) is 16.8. The highest BCUT2D eigenvalue weighted by Gasteiger charge is 2.19. The Kier molecular flexibility index (Phi) is 5.32. The summed E-state index contributed by atoms with van der Waals surface area (Å²) in [5, 5.41) is 5.64. The lowest BCUT2D eigenvalue weighted by Gasteiger charge is -2.13. The number of halogens is 1. The molecule has 0 aliphatic carbocycles. The fourth-order valence-electron chi connectivity index (χ4n) is 3.00. The van der Waals surface area contributed by atoms with Crippen LogP contribution >= 0.6 is 11.6 Å². The molecule has 144 valence electrons. The number of nitrogens with zero attached hydrogens (tertiary/aromatic N) is 2. The van der Waals surface area contributed by atoms with Crippen molar-refractivity contribution in [3.8, 4) is 22.9 Å². The molecule has 3 aromatic rings. The number of benzene rings is 2. The van der Waals surface area contributed by atoms with E-state index < -0.39 is 10.0 Å². The third-order valence-electron chi connectivity index (χ3n) is 4.19. The van der Waals surface area contributed by atoms with Gasteiger partial charge in [0.05, 0.1) is 35.2 Å². The Labute approximate surface area is 162 Å². The minimum Gasteiger partial charge on any atom is -0.493 e. The van der Waals surface area contributed by atoms with Crippen molar-refractivity contribution in [2.45, 2.75) is 24.8 Å². The van der Waals surface area contributed by atoms with E-state index in [0.717, 1.165) is 17.5 Å². The van der Waals surface area contributed by atoms with Crippen molar-refractivity contribution in [3.05, 3.63) is 35.4 Å². The average Bonchev–Trinajstić information content (AvgIpc) is 2.98. The number of imidazole rings is 1. The highest BCUT2D eigenvalue weighted by Crippen LogP contribution is 2.39.